The van der Waals surface area contributed by atoms with Crippen molar-refractivity contribution in [1.29, 1.82) is 0 Å². The maximum absolute atomic E-state index is 14.5. The maximum Gasteiger partial charge on any atom is 0.228 e. The van der Waals surface area contributed by atoms with Gasteiger partial charge in [0.2, 0.25) is 5.91 Å². The molecule has 0 bridgehead atoms. The molecule has 1 aliphatic carbocycles. The van der Waals surface area contributed by atoms with Crippen molar-refractivity contribution in [1.82, 2.24) is 5.32 Å². The van der Waals surface area contributed by atoms with Crippen molar-refractivity contribution in [3.8, 4) is 0 Å². The zero-order valence-electron chi connectivity index (χ0n) is 13.7. The second-order valence-corrected chi connectivity index (χ2v) is 7.03. The fourth-order valence-electron chi connectivity index (χ4n) is 4.48. The molecule has 4 rings (SSSR count). The van der Waals surface area contributed by atoms with Gasteiger partial charge >= 0.3 is 0 Å². The Bertz CT molecular complexity index is 613. The summed E-state index contributed by atoms with van der Waals surface area (Å²) in [7, 11) is 0. The standard InChI is InChI=1S/C18H23FN2O2.ClH/c19-14-4-3-5-15-17(14)18(6-1-2-7-18)12-21(15)16(22)10-13-11-23-9-8-20-13;/h3-5,13,20H,1-2,6-12H2;1H. The predicted octanol–water partition coefficient (Wildman–Crippen LogP) is 2.78. The number of carbonyl (C=O) groups excluding carboxylic acids is 1. The van der Waals surface area contributed by atoms with Crippen LogP contribution in [0, 0.1) is 5.82 Å². The van der Waals surface area contributed by atoms with E-state index in [1.165, 1.54) is 6.07 Å². The molecule has 4 nitrogen and oxygen atoms in total. The van der Waals surface area contributed by atoms with Gasteiger partial charge in [-0.25, -0.2) is 4.39 Å². The largest absolute Gasteiger partial charge is 0.378 e. The number of ether oxygens (including phenoxy) is 1. The van der Waals surface area contributed by atoms with Crippen molar-refractivity contribution in [2.45, 2.75) is 43.6 Å². The Balaban J connectivity index is 0.00000169. The molecule has 1 spiro atoms. The molecule has 0 radical (unpaired) electrons. The fourth-order valence-corrected chi connectivity index (χ4v) is 4.48. The normalized spacial score (nSPS) is 24.7. The van der Waals surface area contributed by atoms with E-state index in [0.29, 0.717) is 26.2 Å². The highest BCUT2D eigenvalue weighted by atomic mass is 35.5. The van der Waals surface area contributed by atoms with E-state index in [2.05, 4.69) is 5.32 Å². The topological polar surface area (TPSA) is 41.6 Å². The minimum Gasteiger partial charge on any atom is -0.378 e. The lowest BCUT2D eigenvalue weighted by Crippen LogP contribution is -2.45. The quantitative estimate of drug-likeness (QED) is 0.888. The van der Waals surface area contributed by atoms with Crippen LogP contribution >= 0.6 is 12.4 Å². The highest BCUT2D eigenvalue weighted by Crippen LogP contribution is 2.51. The third kappa shape index (κ3) is 2.93. The van der Waals surface area contributed by atoms with Crippen LogP contribution in [0.15, 0.2) is 18.2 Å². The van der Waals surface area contributed by atoms with Crippen molar-refractivity contribution < 1.29 is 13.9 Å². The molecule has 6 heteroatoms. The number of benzene rings is 1. The van der Waals surface area contributed by atoms with E-state index < -0.39 is 0 Å². The van der Waals surface area contributed by atoms with Gasteiger partial charge in [0.05, 0.1) is 18.9 Å². The molecule has 1 atom stereocenters. The summed E-state index contributed by atoms with van der Waals surface area (Å²) in [6, 6.07) is 5.20. The Hall–Kier alpha value is -1.17. The second-order valence-electron chi connectivity index (χ2n) is 7.03. The number of hydrogen-bond acceptors (Lipinski definition) is 3. The molecule has 1 saturated carbocycles. The van der Waals surface area contributed by atoms with Crippen LogP contribution in [0.4, 0.5) is 10.1 Å². The summed E-state index contributed by atoms with van der Waals surface area (Å²) in [5.74, 6) is -0.0811. The minimum atomic E-state index is -0.160. The molecule has 1 N–H and O–H groups in total. The minimum absolute atomic E-state index is 0. The van der Waals surface area contributed by atoms with Gasteiger partial charge in [0, 0.05) is 36.5 Å². The number of nitrogens with zero attached hydrogens (tertiary/aromatic N) is 1. The summed E-state index contributed by atoms with van der Waals surface area (Å²) in [5, 5.41) is 3.32. The Morgan fingerprint density at radius 1 is 1.38 bits per heavy atom. The summed E-state index contributed by atoms with van der Waals surface area (Å²) in [5.41, 5.74) is 1.40. The first-order valence-corrected chi connectivity index (χ1v) is 8.60. The highest BCUT2D eigenvalue weighted by Gasteiger charge is 2.48. The SMILES string of the molecule is Cl.O=C(CC1COCCN1)N1CC2(CCCC2)c2c(F)cccc21. The molecule has 1 amide bonds. The lowest BCUT2D eigenvalue weighted by molar-refractivity contribution is -0.119. The van der Waals surface area contributed by atoms with Crippen LogP contribution in [0.2, 0.25) is 0 Å². The van der Waals surface area contributed by atoms with Crippen LogP contribution in [0.25, 0.3) is 0 Å². The third-order valence-corrected chi connectivity index (χ3v) is 5.55. The summed E-state index contributed by atoms with van der Waals surface area (Å²) in [4.78, 5) is 14.7. The van der Waals surface area contributed by atoms with Crippen LogP contribution in [0.3, 0.4) is 0 Å². The smallest absolute Gasteiger partial charge is 0.228 e. The van der Waals surface area contributed by atoms with E-state index in [-0.39, 0.29) is 35.6 Å². The molecule has 132 valence electrons. The van der Waals surface area contributed by atoms with Crippen LogP contribution in [0.1, 0.15) is 37.7 Å². The lowest BCUT2D eigenvalue weighted by Gasteiger charge is -2.27. The first-order valence-electron chi connectivity index (χ1n) is 8.60. The van der Waals surface area contributed by atoms with Gasteiger partial charge in [-0.2, -0.15) is 0 Å². The van der Waals surface area contributed by atoms with Crippen molar-refractivity contribution in [3.63, 3.8) is 0 Å². The number of amides is 1. The van der Waals surface area contributed by atoms with Gasteiger partial charge in [-0.15, -0.1) is 12.4 Å². The zero-order valence-corrected chi connectivity index (χ0v) is 14.5. The van der Waals surface area contributed by atoms with E-state index >= 15 is 0 Å². The summed E-state index contributed by atoms with van der Waals surface area (Å²) >= 11 is 0. The number of halogens is 2. The third-order valence-electron chi connectivity index (χ3n) is 5.55. The monoisotopic (exact) mass is 354 g/mol. The lowest BCUT2D eigenvalue weighted by atomic mass is 9.80. The molecular formula is C18H24ClFN2O2. The van der Waals surface area contributed by atoms with Gasteiger partial charge in [0.25, 0.3) is 0 Å². The first-order chi connectivity index (χ1) is 11.2. The van der Waals surface area contributed by atoms with E-state index in [0.717, 1.165) is 43.5 Å². The number of hydrogen-bond donors (Lipinski definition) is 1. The van der Waals surface area contributed by atoms with Crippen LogP contribution < -0.4 is 10.2 Å². The Kier molecular flexibility index (Phi) is 5.13. The summed E-state index contributed by atoms with van der Waals surface area (Å²) < 4.78 is 19.9. The van der Waals surface area contributed by atoms with E-state index in [1.54, 1.807) is 6.07 Å². The zero-order chi connectivity index (χ0) is 15.9. The number of carbonyl (C=O) groups is 1. The van der Waals surface area contributed by atoms with Gasteiger partial charge in [-0.05, 0) is 25.0 Å². The first kappa shape index (κ1) is 17.6. The molecule has 1 aromatic carbocycles. The van der Waals surface area contributed by atoms with Crippen LogP contribution in [-0.2, 0) is 14.9 Å². The number of fused-ring (bicyclic) bond motifs is 2. The van der Waals surface area contributed by atoms with Crippen molar-refractivity contribution >= 4 is 24.0 Å². The predicted molar refractivity (Wildman–Crippen MR) is 93.4 cm³/mol. The van der Waals surface area contributed by atoms with E-state index in [9.17, 15) is 9.18 Å². The molecular weight excluding hydrogens is 331 g/mol. The highest BCUT2D eigenvalue weighted by molar-refractivity contribution is 5.96. The molecule has 2 aliphatic heterocycles. The van der Waals surface area contributed by atoms with Gasteiger partial charge in [-0.1, -0.05) is 18.9 Å². The summed E-state index contributed by atoms with van der Waals surface area (Å²) in [6.45, 7) is 2.69. The Morgan fingerprint density at radius 3 is 2.88 bits per heavy atom. The Morgan fingerprint density at radius 2 is 2.17 bits per heavy atom. The van der Waals surface area contributed by atoms with Crippen LogP contribution in [-0.4, -0.2) is 38.3 Å². The van der Waals surface area contributed by atoms with E-state index in [1.807, 2.05) is 11.0 Å². The number of nitrogens with one attached hydrogen (secondary N) is 1. The number of rotatable bonds is 2. The number of morpholine rings is 1. The maximum atomic E-state index is 14.5. The average Bonchev–Trinajstić information content (AvgIpc) is 3.15. The molecule has 3 aliphatic rings. The molecule has 24 heavy (non-hydrogen) atoms. The number of anilines is 1. The van der Waals surface area contributed by atoms with Gasteiger partial charge in [-0.3, -0.25) is 4.79 Å². The van der Waals surface area contributed by atoms with Gasteiger partial charge in [0.15, 0.2) is 0 Å². The molecule has 2 heterocycles. The molecule has 2 fully saturated rings. The van der Waals surface area contributed by atoms with Crippen molar-refractivity contribution in [3.05, 3.63) is 29.6 Å². The van der Waals surface area contributed by atoms with Crippen molar-refractivity contribution in [2.75, 3.05) is 31.2 Å². The Labute approximate surface area is 148 Å². The average molecular weight is 355 g/mol. The molecule has 0 aromatic heterocycles. The fraction of sp³-hybridized carbons (Fsp3) is 0.611. The van der Waals surface area contributed by atoms with Crippen molar-refractivity contribution in [2.24, 2.45) is 0 Å². The van der Waals surface area contributed by atoms with Crippen LogP contribution in [0.5, 0.6) is 0 Å². The molecule has 1 aromatic rings. The van der Waals surface area contributed by atoms with Gasteiger partial charge in [0.1, 0.15) is 5.82 Å². The molecule has 1 unspecified atom stereocenters. The second kappa shape index (κ2) is 6.98. The van der Waals surface area contributed by atoms with Gasteiger partial charge < -0.3 is 15.0 Å². The summed E-state index contributed by atoms with van der Waals surface area (Å²) in [6.07, 6.45) is 4.61. The van der Waals surface area contributed by atoms with E-state index in [4.69, 9.17) is 4.74 Å². The molecule has 1 saturated heterocycles.